The molecule has 2 aromatic rings. The first-order valence-electron chi connectivity index (χ1n) is 7.24. The topological polar surface area (TPSA) is 160 Å². The zero-order chi connectivity index (χ0) is 17.4. The molecule has 0 aliphatic carbocycles. The summed E-state index contributed by atoms with van der Waals surface area (Å²) in [6.45, 7) is 1.06. The van der Waals surface area contributed by atoms with Crippen LogP contribution in [0.25, 0.3) is 11.2 Å². The number of imidazole rings is 1. The smallest absolute Gasteiger partial charge is 0.209 e. The molecule has 1 fully saturated rings. The van der Waals surface area contributed by atoms with Crippen molar-refractivity contribution < 1.29 is 25.2 Å². The van der Waals surface area contributed by atoms with Crippen molar-refractivity contribution in [3.63, 3.8) is 0 Å². The van der Waals surface area contributed by atoms with Gasteiger partial charge in [0.2, 0.25) is 5.82 Å². The number of hydrogen-bond acceptors (Lipinski definition) is 9. The van der Waals surface area contributed by atoms with Gasteiger partial charge in [-0.25, -0.2) is 15.0 Å². The van der Waals surface area contributed by atoms with Gasteiger partial charge in [-0.15, -0.1) is 0 Å². The third-order valence-electron chi connectivity index (χ3n) is 3.63. The van der Waals surface area contributed by atoms with Gasteiger partial charge in [-0.05, 0) is 12.8 Å². The van der Waals surface area contributed by atoms with Gasteiger partial charge < -0.3 is 30.9 Å². The highest BCUT2D eigenvalue weighted by Gasteiger charge is 2.44. The summed E-state index contributed by atoms with van der Waals surface area (Å²) in [4.78, 5) is 12.3. The maximum atomic E-state index is 10.1. The molecule has 3 rings (SSSR count). The Morgan fingerprint density at radius 1 is 1.38 bits per heavy atom. The largest absolute Gasteiger partial charge is 0.394 e. The zero-order valence-corrected chi connectivity index (χ0v) is 12.7. The van der Waals surface area contributed by atoms with Crippen molar-refractivity contribution in [3.8, 4) is 11.8 Å². The fraction of sp³-hybridized carbons (Fsp3) is 0.500. The molecule has 2 aromatic heterocycles. The van der Waals surface area contributed by atoms with Crippen LogP contribution in [0, 0.1) is 11.8 Å². The van der Waals surface area contributed by atoms with Crippen molar-refractivity contribution >= 4 is 17.0 Å². The summed E-state index contributed by atoms with van der Waals surface area (Å²) in [7, 11) is 0. The summed E-state index contributed by atoms with van der Waals surface area (Å²) in [5.74, 6) is 5.26. The van der Waals surface area contributed by atoms with Gasteiger partial charge in [-0.3, -0.25) is 4.57 Å². The molecular weight excluding hydrogens is 318 g/mol. The molecule has 0 amide bonds. The molecule has 24 heavy (non-hydrogen) atoms. The standard InChI is InChI=1S/C14H17N5O5/c1-6(21)2-3-8-17-12(15)9-13(18-8)19(5-16-9)14-11(23)10(22)7(4-20)24-14/h5-7,10-11,14,20-23H,4H2,1H3,(H2,15,17,18)/t6?,7-,10-,11-,14-/m1/s1. The first-order chi connectivity index (χ1) is 11.4. The minimum absolute atomic E-state index is 0.0781. The lowest BCUT2D eigenvalue weighted by Crippen LogP contribution is -2.33. The molecule has 0 saturated carbocycles. The van der Waals surface area contributed by atoms with E-state index in [1.807, 2.05) is 0 Å². The van der Waals surface area contributed by atoms with Crippen LogP contribution in [0.5, 0.6) is 0 Å². The second kappa shape index (κ2) is 6.31. The number of aliphatic hydroxyl groups excluding tert-OH is 4. The van der Waals surface area contributed by atoms with Gasteiger partial charge in [0.1, 0.15) is 29.9 Å². The van der Waals surface area contributed by atoms with Crippen LogP contribution < -0.4 is 5.73 Å². The number of nitrogens with zero attached hydrogens (tertiary/aromatic N) is 4. The van der Waals surface area contributed by atoms with Crippen LogP contribution in [-0.2, 0) is 4.74 Å². The number of aliphatic hydroxyl groups is 4. The molecule has 0 bridgehead atoms. The van der Waals surface area contributed by atoms with Crippen molar-refractivity contribution in [3.05, 3.63) is 12.2 Å². The van der Waals surface area contributed by atoms with Crippen LogP contribution in [-0.4, -0.2) is 71.0 Å². The van der Waals surface area contributed by atoms with E-state index < -0.39 is 37.3 Å². The fourth-order valence-electron chi connectivity index (χ4n) is 2.46. The van der Waals surface area contributed by atoms with E-state index in [0.29, 0.717) is 0 Å². The molecule has 3 heterocycles. The van der Waals surface area contributed by atoms with E-state index in [1.54, 1.807) is 0 Å². The SMILES string of the molecule is CC(O)C#Cc1nc(N)c2ncn([C@@H]3O[C@H](CO)[C@@H](O)[C@H]3O)c2n1. The normalized spacial score (nSPS) is 27.9. The van der Waals surface area contributed by atoms with E-state index in [1.165, 1.54) is 17.8 Å². The van der Waals surface area contributed by atoms with Crippen LogP contribution in [0.2, 0.25) is 0 Å². The van der Waals surface area contributed by atoms with E-state index in [2.05, 4.69) is 26.8 Å². The Bertz CT molecular complexity index is 811. The molecule has 5 atom stereocenters. The van der Waals surface area contributed by atoms with Gasteiger partial charge in [-0.2, -0.15) is 0 Å². The van der Waals surface area contributed by atoms with Crippen LogP contribution in [0.1, 0.15) is 19.0 Å². The molecule has 1 saturated heterocycles. The predicted octanol–water partition coefficient (Wildman–Crippen LogP) is -2.25. The van der Waals surface area contributed by atoms with Crippen molar-refractivity contribution in [1.29, 1.82) is 0 Å². The van der Waals surface area contributed by atoms with E-state index in [0.717, 1.165) is 0 Å². The summed E-state index contributed by atoms with van der Waals surface area (Å²) in [6, 6.07) is 0. The Labute approximate surface area is 136 Å². The highest BCUT2D eigenvalue weighted by Crippen LogP contribution is 2.31. The lowest BCUT2D eigenvalue weighted by atomic mass is 10.1. The Morgan fingerprint density at radius 3 is 2.75 bits per heavy atom. The average molecular weight is 335 g/mol. The predicted molar refractivity (Wildman–Crippen MR) is 81.3 cm³/mol. The van der Waals surface area contributed by atoms with E-state index >= 15 is 0 Å². The summed E-state index contributed by atoms with van der Waals surface area (Å²) in [5, 5.41) is 38.4. The Morgan fingerprint density at radius 2 is 2.12 bits per heavy atom. The third-order valence-corrected chi connectivity index (χ3v) is 3.63. The number of rotatable bonds is 2. The lowest BCUT2D eigenvalue weighted by molar-refractivity contribution is -0.0511. The Kier molecular flexibility index (Phi) is 4.35. The molecule has 1 aliphatic heterocycles. The number of nitrogen functional groups attached to an aromatic ring is 1. The second-order valence-corrected chi connectivity index (χ2v) is 5.43. The molecule has 10 heteroatoms. The molecular formula is C14H17N5O5. The number of anilines is 1. The van der Waals surface area contributed by atoms with Crippen LogP contribution in [0.3, 0.4) is 0 Å². The summed E-state index contributed by atoms with van der Waals surface area (Å²) >= 11 is 0. The monoisotopic (exact) mass is 335 g/mol. The summed E-state index contributed by atoms with van der Waals surface area (Å²) < 4.78 is 6.85. The first kappa shape index (κ1) is 16.6. The quantitative estimate of drug-likeness (QED) is 0.382. The van der Waals surface area contributed by atoms with Gasteiger partial charge in [0.05, 0.1) is 12.9 Å². The van der Waals surface area contributed by atoms with Crippen molar-refractivity contribution in [1.82, 2.24) is 19.5 Å². The second-order valence-electron chi connectivity index (χ2n) is 5.43. The van der Waals surface area contributed by atoms with Crippen LogP contribution in [0.15, 0.2) is 6.33 Å². The first-order valence-corrected chi connectivity index (χ1v) is 7.24. The fourth-order valence-corrected chi connectivity index (χ4v) is 2.46. The minimum Gasteiger partial charge on any atom is -0.394 e. The Hall–Kier alpha value is -2.29. The number of fused-ring (bicyclic) bond motifs is 1. The van der Waals surface area contributed by atoms with E-state index in [-0.39, 0.29) is 22.8 Å². The van der Waals surface area contributed by atoms with Gasteiger partial charge in [-0.1, -0.05) is 5.92 Å². The lowest BCUT2D eigenvalue weighted by Gasteiger charge is -2.16. The minimum atomic E-state index is -1.28. The summed E-state index contributed by atoms with van der Waals surface area (Å²) in [6.07, 6.45) is -3.93. The molecule has 1 unspecified atom stereocenters. The Balaban J connectivity index is 2.05. The molecule has 0 aromatic carbocycles. The molecule has 6 N–H and O–H groups in total. The third kappa shape index (κ3) is 2.79. The molecule has 1 aliphatic rings. The number of aromatic nitrogens is 4. The zero-order valence-electron chi connectivity index (χ0n) is 12.7. The van der Waals surface area contributed by atoms with Gasteiger partial charge in [0.25, 0.3) is 0 Å². The number of ether oxygens (including phenoxy) is 1. The van der Waals surface area contributed by atoms with E-state index in [9.17, 15) is 20.4 Å². The van der Waals surface area contributed by atoms with E-state index in [4.69, 9.17) is 10.5 Å². The van der Waals surface area contributed by atoms with Gasteiger partial charge in [0, 0.05) is 0 Å². The molecule has 0 spiro atoms. The highest BCUT2D eigenvalue weighted by atomic mass is 16.6. The molecule has 0 radical (unpaired) electrons. The van der Waals surface area contributed by atoms with Gasteiger partial charge >= 0.3 is 0 Å². The maximum Gasteiger partial charge on any atom is 0.209 e. The average Bonchev–Trinajstić information content (AvgIpc) is 3.08. The highest BCUT2D eigenvalue weighted by molar-refractivity contribution is 5.82. The van der Waals surface area contributed by atoms with Crippen molar-refractivity contribution in [2.24, 2.45) is 0 Å². The molecule has 10 nitrogen and oxygen atoms in total. The van der Waals surface area contributed by atoms with Crippen molar-refractivity contribution in [2.45, 2.75) is 37.6 Å². The van der Waals surface area contributed by atoms with Crippen molar-refractivity contribution in [2.75, 3.05) is 12.3 Å². The van der Waals surface area contributed by atoms with Crippen LogP contribution >= 0.6 is 0 Å². The van der Waals surface area contributed by atoms with Gasteiger partial charge in [0.15, 0.2) is 17.7 Å². The maximum absolute atomic E-state index is 10.1. The number of hydrogen-bond donors (Lipinski definition) is 5. The van der Waals surface area contributed by atoms with Crippen LogP contribution in [0.4, 0.5) is 5.82 Å². The summed E-state index contributed by atoms with van der Waals surface area (Å²) in [5.41, 5.74) is 6.38. The molecule has 128 valence electrons. The number of nitrogens with two attached hydrogens (primary N) is 1.